The number of hydrogen-bond acceptors (Lipinski definition) is 7. The molecule has 2 amide bonds. The first-order valence-electron chi connectivity index (χ1n) is 20.0. The highest BCUT2D eigenvalue weighted by atomic mass is 16.7. The zero-order valence-corrected chi connectivity index (χ0v) is 31.6. The molecule has 1 saturated heterocycles. The Morgan fingerprint density at radius 3 is 1.80 bits per heavy atom. The average molecular weight is 710 g/mol. The second-order valence-corrected chi connectivity index (χ2v) is 14.3. The fraction of sp³-hybridized carbons (Fsp3) is 0.667. The number of nitrogens with zero attached hydrogens (tertiary/aromatic N) is 1. The van der Waals surface area contributed by atoms with Crippen molar-refractivity contribution >= 4 is 11.8 Å². The van der Waals surface area contributed by atoms with Crippen LogP contribution >= 0.6 is 0 Å². The van der Waals surface area contributed by atoms with Crippen molar-refractivity contribution in [1.29, 1.82) is 0 Å². The molecule has 1 aliphatic rings. The maximum Gasteiger partial charge on any atom is 0.243 e. The summed E-state index contributed by atoms with van der Waals surface area (Å²) >= 11 is 0. The lowest BCUT2D eigenvalue weighted by Crippen LogP contribution is -2.40. The van der Waals surface area contributed by atoms with Gasteiger partial charge in [-0.2, -0.15) is 0 Å². The highest BCUT2D eigenvalue weighted by molar-refractivity contribution is 5.76. The number of amides is 2. The lowest BCUT2D eigenvalue weighted by atomic mass is 9.99. The molecule has 2 aromatic carbocycles. The number of unbranched alkanes of at least 4 members (excludes halogenated alkanes) is 12. The molecule has 0 spiro atoms. The van der Waals surface area contributed by atoms with Crippen LogP contribution in [0.1, 0.15) is 164 Å². The number of carbonyl (C=O) groups is 2. The lowest BCUT2D eigenvalue weighted by Gasteiger charge is -2.38. The summed E-state index contributed by atoms with van der Waals surface area (Å²) in [7, 11) is 0. The molecule has 2 aromatic rings. The molecular weight excluding hydrogens is 642 g/mol. The number of benzene rings is 2. The van der Waals surface area contributed by atoms with E-state index in [4.69, 9.17) is 14.7 Å². The van der Waals surface area contributed by atoms with Gasteiger partial charge in [-0.1, -0.05) is 133 Å². The topological polar surface area (TPSA) is 120 Å². The smallest absolute Gasteiger partial charge is 0.243 e. The molecule has 0 aliphatic carbocycles. The van der Waals surface area contributed by atoms with Crippen LogP contribution in [0.5, 0.6) is 0 Å². The fourth-order valence-electron chi connectivity index (χ4n) is 6.73. The number of hydrogen-bond donors (Lipinski definition) is 4. The van der Waals surface area contributed by atoms with Gasteiger partial charge in [0.25, 0.3) is 0 Å². The van der Waals surface area contributed by atoms with Crippen LogP contribution in [0.25, 0.3) is 0 Å². The van der Waals surface area contributed by atoms with E-state index in [0.717, 1.165) is 54.7 Å². The van der Waals surface area contributed by atoms with E-state index < -0.39 is 12.2 Å². The van der Waals surface area contributed by atoms with Crippen molar-refractivity contribution in [3.63, 3.8) is 0 Å². The number of nitrogens with one attached hydrogen (secondary N) is 2. The van der Waals surface area contributed by atoms with Crippen molar-refractivity contribution in [2.24, 2.45) is 0 Å². The highest BCUT2D eigenvalue weighted by Crippen LogP contribution is 2.38. The van der Waals surface area contributed by atoms with Crippen LogP contribution in [0.2, 0.25) is 0 Å². The molecule has 286 valence electrons. The van der Waals surface area contributed by atoms with Gasteiger partial charge >= 0.3 is 0 Å². The Kier molecular flexibility index (Phi) is 21.7. The number of ether oxygens (including phenoxy) is 2. The van der Waals surface area contributed by atoms with Crippen LogP contribution in [0, 0.1) is 0 Å². The van der Waals surface area contributed by atoms with Crippen molar-refractivity contribution < 1.29 is 29.4 Å². The molecule has 9 heteroatoms. The minimum absolute atomic E-state index is 0.0171. The summed E-state index contributed by atoms with van der Waals surface area (Å²) in [5.74, 6) is -0.419. The molecule has 1 aliphatic heterocycles. The predicted octanol–water partition coefficient (Wildman–Crippen LogP) is 8.82. The highest BCUT2D eigenvalue weighted by Gasteiger charge is 2.33. The summed E-state index contributed by atoms with van der Waals surface area (Å²) in [4.78, 5) is 26.1. The molecule has 0 unspecified atom stereocenters. The molecule has 4 N–H and O–H groups in total. The summed E-state index contributed by atoms with van der Waals surface area (Å²) in [5, 5.41) is 21.2. The summed E-state index contributed by atoms with van der Waals surface area (Å²) in [6, 6.07) is 16.2. The van der Waals surface area contributed by atoms with Gasteiger partial charge in [0, 0.05) is 37.9 Å². The maximum atomic E-state index is 12.4. The van der Waals surface area contributed by atoms with Gasteiger partial charge < -0.3 is 24.8 Å². The Morgan fingerprint density at radius 1 is 0.686 bits per heavy atom. The average Bonchev–Trinajstić information content (AvgIpc) is 3.16. The molecule has 0 saturated carbocycles. The van der Waals surface area contributed by atoms with Crippen molar-refractivity contribution in [2.75, 3.05) is 19.6 Å². The zero-order valence-electron chi connectivity index (χ0n) is 31.6. The van der Waals surface area contributed by atoms with Gasteiger partial charge in [-0.15, -0.1) is 0 Å². The Balaban J connectivity index is 1.62. The third-order valence-electron chi connectivity index (χ3n) is 9.91. The monoisotopic (exact) mass is 710 g/mol. The summed E-state index contributed by atoms with van der Waals surface area (Å²) in [6.07, 6.45) is 18.4. The number of aliphatic hydroxyl groups excluding tert-OH is 1. The normalized spacial score (nSPS) is 17.5. The maximum absolute atomic E-state index is 12.4. The molecule has 0 bridgehead atoms. The molecule has 51 heavy (non-hydrogen) atoms. The first-order valence-corrected chi connectivity index (χ1v) is 20.0. The van der Waals surface area contributed by atoms with E-state index in [0.29, 0.717) is 25.8 Å². The van der Waals surface area contributed by atoms with Crippen LogP contribution in [-0.4, -0.2) is 52.8 Å². The van der Waals surface area contributed by atoms with Gasteiger partial charge in [0.05, 0.1) is 18.8 Å². The number of carbonyl (C=O) groups excluding carboxylic acids is 2. The Bertz CT molecular complexity index is 1190. The Labute approximate surface area is 307 Å². The van der Waals surface area contributed by atoms with E-state index in [-0.39, 0.29) is 31.1 Å². The van der Waals surface area contributed by atoms with Crippen molar-refractivity contribution in [2.45, 2.75) is 161 Å². The number of rotatable bonds is 27. The van der Waals surface area contributed by atoms with E-state index in [1.807, 2.05) is 36.4 Å². The third kappa shape index (κ3) is 17.5. The van der Waals surface area contributed by atoms with Gasteiger partial charge in [-0.3, -0.25) is 14.8 Å². The van der Waals surface area contributed by atoms with Crippen LogP contribution in [0.15, 0.2) is 48.5 Å². The molecule has 9 nitrogen and oxygen atoms in total. The molecule has 0 radical (unpaired) electrons. The van der Waals surface area contributed by atoms with Crippen LogP contribution < -0.4 is 10.8 Å². The Morgan fingerprint density at radius 2 is 1.22 bits per heavy atom. The molecule has 3 atom stereocenters. The van der Waals surface area contributed by atoms with Crippen molar-refractivity contribution in [3.05, 3.63) is 70.8 Å². The lowest BCUT2D eigenvalue weighted by molar-refractivity contribution is -0.253. The second-order valence-electron chi connectivity index (χ2n) is 14.3. The first-order chi connectivity index (χ1) is 24.9. The minimum atomic E-state index is -0.507. The van der Waals surface area contributed by atoms with Gasteiger partial charge in [-0.25, -0.2) is 5.48 Å². The van der Waals surface area contributed by atoms with Crippen LogP contribution in [0.4, 0.5) is 0 Å². The second kappa shape index (κ2) is 26.0. The van der Waals surface area contributed by atoms with Gasteiger partial charge in [0.1, 0.15) is 0 Å². The number of aliphatic hydroxyl groups is 1. The van der Waals surface area contributed by atoms with Crippen molar-refractivity contribution in [1.82, 2.24) is 15.7 Å². The standard InChI is InChI=1S/C42H67N3O6/c1-3-5-7-9-11-16-28-45(29-17-12-10-8-6-4-2)32-38-30-39(36-24-22-35(33-46)23-25-36)51-42(50-38)37-26-20-34(21-27-37)31-43-40(47)18-14-13-15-19-41(48)44-49/h20-27,38-39,42,46,49H,3-19,28-33H2,1-2H3,(H,43,47)(H,44,48)/t38-,39+,42+/m1/s1. The number of hydroxylamine groups is 1. The summed E-state index contributed by atoms with van der Waals surface area (Å²) in [5.41, 5.74) is 5.57. The fourth-order valence-corrected chi connectivity index (χ4v) is 6.73. The SMILES string of the molecule is CCCCCCCCN(CCCCCCCC)C[C@H]1C[C@@H](c2ccc(CO)cc2)O[C@@H](c2ccc(CNC(=O)CCCCCC(=O)NO)cc2)O1. The van der Waals surface area contributed by atoms with E-state index >= 15 is 0 Å². The summed E-state index contributed by atoms with van der Waals surface area (Å²) in [6.45, 7) is 8.08. The van der Waals surface area contributed by atoms with Crippen molar-refractivity contribution in [3.8, 4) is 0 Å². The predicted molar refractivity (Wildman–Crippen MR) is 203 cm³/mol. The molecule has 1 fully saturated rings. The Hall–Kier alpha value is -2.82. The minimum Gasteiger partial charge on any atom is -0.392 e. The van der Waals surface area contributed by atoms with Gasteiger partial charge in [-0.05, 0) is 55.5 Å². The molecule has 3 rings (SSSR count). The summed E-state index contributed by atoms with van der Waals surface area (Å²) < 4.78 is 13.4. The van der Waals surface area contributed by atoms with E-state index in [2.05, 4.69) is 36.2 Å². The van der Waals surface area contributed by atoms with E-state index in [1.165, 1.54) is 77.0 Å². The zero-order chi connectivity index (χ0) is 36.5. The largest absolute Gasteiger partial charge is 0.392 e. The third-order valence-corrected chi connectivity index (χ3v) is 9.91. The first kappa shape index (κ1) is 42.6. The molecular formula is C42H67N3O6. The van der Waals surface area contributed by atoms with E-state index in [1.54, 1.807) is 5.48 Å². The molecule has 1 heterocycles. The van der Waals surface area contributed by atoms with E-state index in [9.17, 15) is 14.7 Å². The quantitative estimate of drug-likeness (QED) is 0.0416. The van der Waals surface area contributed by atoms with Gasteiger partial charge in [0.15, 0.2) is 6.29 Å². The van der Waals surface area contributed by atoms with Gasteiger partial charge in [0.2, 0.25) is 11.8 Å². The van der Waals surface area contributed by atoms with Crippen LogP contribution in [-0.2, 0) is 32.2 Å². The molecule has 0 aromatic heterocycles. The van der Waals surface area contributed by atoms with Crippen LogP contribution in [0.3, 0.4) is 0 Å².